The normalized spacial score (nSPS) is 14.3. The molecule has 260 valence electrons. The lowest BCUT2D eigenvalue weighted by Crippen LogP contribution is -2.30. The lowest BCUT2D eigenvalue weighted by Gasteiger charge is -2.33. The standard InChI is InChI=1S/C52H36N2O/c1-4-17-37(18-5-1)49-50-44-27-15-26-42(36-30-32-40(33-31-36)53(38-20-6-2-7-21-38)39-22-8-3-9-23-39)52(44)54(45-28-14-19-35-16-10-11-24-41(35)45)46(50)34-48-51(49)43-25-12-13-29-47(43)55-48/h1-32,34,40H,33H2. The smallest absolute Gasteiger partial charge is 0.138 e. The Morgan fingerprint density at radius 3 is 1.93 bits per heavy atom. The highest BCUT2D eigenvalue weighted by Crippen LogP contribution is 2.48. The van der Waals surface area contributed by atoms with E-state index in [0.29, 0.717) is 0 Å². The van der Waals surface area contributed by atoms with E-state index in [2.05, 4.69) is 210 Å². The fourth-order valence-electron chi connectivity index (χ4n) is 8.92. The number of para-hydroxylation sites is 4. The van der Waals surface area contributed by atoms with Crippen molar-refractivity contribution in [2.45, 2.75) is 12.5 Å². The van der Waals surface area contributed by atoms with E-state index in [-0.39, 0.29) is 6.04 Å². The number of fused-ring (bicyclic) bond motifs is 7. The number of nitrogens with zero attached hydrogens (tertiary/aromatic N) is 2. The number of hydrogen-bond acceptors (Lipinski definition) is 2. The van der Waals surface area contributed by atoms with Crippen molar-refractivity contribution in [1.82, 2.24) is 4.57 Å². The molecule has 0 saturated carbocycles. The van der Waals surface area contributed by atoms with Crippen molar-refractivity contribution >= 4 is 71.5 Å². The molecule has 1 unspecified atom stereocenters. The molecule has 1 aliphatic carbocycles. The van der Waals surface area contributed by atoms with Gasteiger partial charge in [-0.25, -0.2) is 0 Å². The van der Waals surface area contributed by atoms with Crippen LogP contribution in [0, 0.1) is 0 Å². The second-order valence-electron chi connectivity index (χ2n) is 14.4. The van der Waals surface area contributed by atoms with Gasteiger partial charge in [0.05, 0.1) is 22.8 Å². The average molecular weight is 705 g/mol. The summed E-state index contributed by atoms with van der Waals surface area (Å²) in [7, 11) is 0. The number of furan rings is 1. The van der Waals surface area contributed by atoms with Crippen LogP contribution in [-0.2, 0) is 0 Å². The van der Waals surface area contributed by atoms with Crippen molar-refractivity contribution < 1.29 is 4.42 Å². The Morgan fingerprint density at radius 2 is 1.18 bits per heavy atom. The van der Waals surface area contributed by atoms with Gasteiger partial charge in [0, 0.05) is 55.5 Å². The minimum absolute atomic E-state index is 0.168. The van der Waals surface area contributed by atoms with E-state index in [1.165, 1.54) is 60.7 Å². The Labute approximate surface area is 319 Å². The quantitative estimate of drug-likeness (QED) is 0.172. The molecular formula is C52H36N2O. The molecule has 0 fully saturated rings. The summed E-state index contributed by atoms with van der Waals surface area (Å²) in [4.78, 5) is 2.45. The first-order chi connectivity index (χ1) is 27.3. The zero-order chi connectivity index (χ0) is 36.3. The second-order valence-corrected chi connectivity index (χ2v) is 14.4. The fourth-order valence-corrected chi connectivity index (χ4v) is 8.92. The largest absolute Gasteiger partial charge is 0.456 e. The van der Waals surface area contributed by atoms with Crippen LogP contribution in [0.5, 0.6) is 0 Å². The maximum atomic E-state index is 6.71. The zero-order valence-corrected chi connectivity index (χ0v) is 30.1. The van der Waals surface area contributed by atoms with Crippen LogP contribution in [0.4, 0.5) is 11.4 Å². The van der Waals surface area contributed by atoms with Crippen LogP contribution >= 0.6 is 0 Å². The summed E-state index contributed by atoms with van der Waals surface area (Å²) in [6.45, 7) is 0. The van der Waals surface area contributed by atoms with Crippen molar-refractivity contribution in [2.24, 2.45) is 0 Å². The summed E-state index contributed by atoms with van der Waals surface area (Å²) >= 11 is 0. The van der Waals surface area contributed by atoms with E-state index >= 15 is 0 Å². The van der Waals surface area contributed by atoms with E-state index in [1.54, 1.807) is 0 Å². The van der Waals surface area contributed by atoms with Crippen molar-refractivity contribution in [3.8, 4) is 16.8 Å². The monoisotopic (exact) mass is 704 g/mol. The van der Waals surface area contributed by atoms with E-state index in [0.717, 1.165) is 39.6 Å². The van der Waals surface area contributed by atoms with Gasteiger partial charge in [0.2, 0.25) is 0 Å². The maximum Gasteiger partial charge on any atom is 0.138 e. The van der Waals surface area contributed by atoms with Gasteiger partial charge in [0.1, 0.15) is 11.2 Å². The van der Waals surface area contributed by atoms with Crippen molar-refractivity contribution in [1.29, 1.82) is 0 Å². The van der Waals surface area contributed by atoms with Gasteiger partial charge in [-0.05, 0) is 59.3 Å². The lowest BCUT2D eigenvalue weighted by molar-refractivity contribution is 0.669. The highest BCUT2D eigenvalue weighted by atomic mass is 16.3. The SMILES string of the molecule is C1=CC(N(c2ccccc2)c2ccccc2)CC=C1c1cccc2c3c(-c4ccccc4)c4c(cc3n(-c3cccc5ccccc35)c12)oc1ccccc14. The molecule has 0 N–H and O–H groups in total. The fraction of sp³-hybridized carbons (Fsp3) is 0.0385. The topological polar surface area (TPSA) is 21.3 Å². The first kappa shape index (κ1) is 31.4. The Balaban J connectivity index is 1.19. The number of anilines is 2. The number of benzene rings is 8. The first-order valence-electron chi connectivity index (χ1n) is 19.0. The van der Waals surface area contributed by atoms with Gasteiger partial charge in [0.15, 0.2) is 0 Å². The molecule has 1 atom stereocenters. The molecule has 0 saturated heterocycles. The van der Waals surface area contributed by atoms with Crippen molar-refractivity contribution in [2.75, 3.05) is 4.90 Å². The Bertz CT molecular complexity index is 3070. The predicted molar refractivity (Wildman–Crippen MR) is 232 cm³/mol. The summed E-state index contributed by atoms with van der Waals surface area (Å²) in [5.74, 6) is 0. The third kappa shape index (κ3) is 5.04. The number of hydrogen-bond donors (Lipinski definition) is 0. The van der Waals surface area contributed by atoms with Crippen LogP contribution in [0.3, 0.4) is 0 Å². The third-order valence-electron chi connectivity index (χ3n) is 11.3. The second kappa shape index (κ2) is 12.8. The summed E-state index contributed by atoms with van der Waals surface area (Å²) < 4.78 is 9.21. The van der Waals surface area contributed by atoms with Gasteiger partial charge >= 0.3 is 0 Å². The van der Waals surface area contributed by atoms with Gasteiger partial charge in [-0.3, -0.25) is 0 Å². The highest BCUT2D eigenvalue weighted by molar-refractivity contribution is 6.28. The van der Waals surface area contributed by atoms with Crippen LogP contribution in [0.25, 0.3) is 76.9 Å². The van der Waals surface area contributed by atoms with E-state index in [9.17, 15) is 0 Å². The van der Waals surface area contributed by atoms with Crippen LogP contribution in [0.15, 0.2) is 205 Å². The summed E-state index contributed by atoms with van der Waals surface area (Å²) in [6, 6.07) is 65.4. The molecule has 0 bridgehead atoms. The van der Waals surface area contributed by atoms with Gasteiger partial charge in [-0.1, -0.05) is 158 Å². The molecule has 2 aromatic heterocycles. The highest BCUT2D eigenvalue weighted by Gasteiger charge is 2.26. The molecule has 3 heteroatoms. The number of allylic oxidation sites excluding steroid dienone is 2. The molecule has 3 nitrogen and oxygen atoms in total. The van der Waals surface area contributed by atoms with Crippen molar-refractivity contribution in [3.05, 3.63) is 206 Å². The molecular weight excluding hydrogens is 669 g/mol. The van der Waals surface area contributed by atoms with Crippen LogP contribution in [0.1, 0.15) is 12.0 Å². The molecule has 0 aliphatic heterocycles. The van der Waals surface area contributed by atoms with Crippen molar-refractivity contribution in [3.63, 3.8) is 0 Å². The lowest BCUT2D eigenvalue weighted by atomic mass is 9.92. The molecule has 0 spiro atoms. The van der Waals surface area contributed by atoms with E-state index in [4.69, 9.17) is 4.42 Å². The Hall–Kier alpha value is -7.10. The first-order valence-corrected chi connectivity index (χ1v) is 19.0. The molecule has 55 heavy (non-hydrogen) atoms. The molecule has 0 amide bonds. The Morgan fingerprint density at radius 1 is 0.545 bits per heavy atom. The van der Waals surface area contributed by atoms with Crippen LogP contribution in [0.2, 0.25) is 0 Å². The molecule has 10 aromatic rings. The van der Waals surface area contributed by atoms with Gasteiger partial charge in [0.25, 0.3) is 0 Å². The summed E-state index contributed by atoms with van der Waals surface area (Å²) in [5.41, 5.74) is 12.4. The van der Waals surface area contributed by atoms with E-state index in [1.807, 2.05) is 0 Å². The molecule has 0 radical (unpaired) electrons. The van der Waals surface area contributed by atoms with E-state index < -0.39 is 0 Å². The third-order valence-corrected chi connectivity index (χ3v) is 11.3. The Kier molecular flexibility index (Phi) is 7.31. The maximum absolute atomic E-state index is 6.71. The van der Waals surface area contributed by atoms with Gasteiger partial charge in [-0.2, -0.15) is 0 Å². The molecule has 8 aromatic carbocycles. The van der Waals surface area contributed by atoms with Gasteiger partial charge in [-0.15, -0.1) is 0 Å². The van der Waals surface area contributed by atoms with Crippen LogP contribution in [-0.4, -0.2) is 10.6 Å². The van der Waals surface area contributed by atoms with Gasteiger partial charge < -0.3 is 13.9 Å². The minimum atomic E-state index is 0.168. The molecule has 2 heterocycles. The minimum Gasteiger partial charge on any atom is -0.456 e. The summed E-state index contributed by atoms with van der Waals surface area (Å²) in [5, 5.41) is 7.15. The number of rotatable bonds is 6. The van der Waals surface area contributed by atoms with Crippen LogP contribution < -0.4 is 4.90 Å². The summed E-state index contributed by atoms with van der Waals surface area (Å²) in [6.07, 6.45) is 8.02. The molecule has 1 aliphatic rings. The molecule has 11 rings (SSSR count). The predicted octanol–water partition coefficient (Wildman–Crippen LogP) is 14.1. The zero-order valence-electron chi connectivity index (χ0n) is 30.1. The number of aromatic nitrogens is 1. The average Bonchev–Trinajstić information content (AvgIpc) is 3.79.